The van der Waals surface area contributed by atoms with Crippen molar-refractivity contribution < 1.29 is 27.6 Å². The molecule has 0 saturated carbocycles. The number of amides is 6. The second-order valence-electron chi connectivity index (χ2n) is 27.5. The number of rotatable bonds is 8. The van der Waals surface area contributed by atoms with Gasteiger partial charge in [0, 0.05) is 110 Å². The van der Waals surface area contributed by atoms with Gasteiger partial charge in [0.05, 0.1) is 43.7 Å². The van der Waals surface area contributed by atoms with Crippen molar-refractivity contribution in [2.24, 2.45) is 20.0 Å². The van der Waals surface area contributed by atoms with E-state index in [4.69, 9.17) is 11.6 Å². The molecule has 4 N–H and O–H groups in total. The second kappa shape index (κ2) is 28.0. The third kappa shape index (κ3) is 15.8. The SMILES string of the molecule is CC(C)Cc1ccc2c(c1)nc(NC(=O)N1CCN(c3ncccc3Cl)C[C@H]1C)n2C.C[C@@H]1CN(c2ncccc2C(F)(F)F)CCN1C(=O)Nc1nc2ccc(C(C)(C)C)cc2n1C.Cc1cccnc1N1CCN(C(=O)Nc2nc3ccc(C(C)(C)C)cc3[nH]2)[C@H](C)C1. The van der Waals surface area contributed by atoms with Crippen molar-refractivity contribution in [3.05, 3.63) is 142 Å². The van der Waals surface area contributed by atoms with Gasteiger partial charge in [-0.2, -0.15) is 13.2 Å². The van der Waals surface area contributed by atoms with E-state index in [1.165, 1.54) is 29.0 Å². The van der Waals surface area contributed by atoms with Crippen LogP contribution in [0.3, 0.4) is 0 Å². The molecule has 3 atom stereocenters. The van der Waals surface area contributed by atoms with E-state index < -0.39 is 11.7 Å². The number of alkyl halides is 3. The van der Waals surface area contributed by atoms with Crippen LogP contribution < -0.4 is 30.7 Å². The fourth-order valence-electron chi connectivity index (χ4n) is 12.4. The van der Waals surface area contributed by atoms with Gasteiger partial charge in [-0.25, -0.2) is 44.3 Å². The number of nitrogens with zero attached hydrogens (tertiary/aromatic N) is 14. The number of halogens is 4. The average Bonchev–Trinajstić information content (AvgIpc) is 1.76. The lowest BCUT2D eigenvalue weighted by Gasteiger charge is -2.40. The van der Waals surface area contributed by atoms with Crippen LogP contribution in [0.25, 0.3) is 33.1 Å². The van der Waals surface area contributed by atoms with Crippen LogP contribution in [0.2, 0.25) is 5.02 Å². The Bertz CT molecular complexity index is 4230. The number of carbonyl (C=O) groups is 3. The number of pyridine rings is 3. The summed E-state index contributed by atoms with van der Waals surface area (Å²) in [5.41, 5.74) is 9.45. The first kappa shape index (κ1) is 68.7. The Morgan fingerprint density at radius 1 is 0.568 bits per heavy atom. The number of hydrogen-bond donors (Lipinski definition) is 4. The zero-order valence-electron chi connectivity index (χ0n) is 56.8. The van der Waals surface area contributed by atoms with Gasteiger partial charge in [-0.15, -0.1) is 0 Å². The van der Waals surface area contributed by atoms with Gasteiger partial charge in [0.1, 0.15) is 17.5 Å². The first-order chi connectivity index (χ1) is 44.9. The highest BCUT2D eigenvalue weighted by atomic mass is 35.5. The van der Waals surface area contributed by atoms with Gasteiger partial charge < -0.3 is 43.5 Å². The highest BCUT2D eigenvalue weighted by Gasteiger charge is 2.38. The van der Waals surface area contributed by atoms with E-state index in [0.717, 1.165) is 75.9 Å². The molecule has 12 rings (SSSR count). The summed E-state index contributed by atoms with van der Waals surface area (Å²) in [5.74, 6) is 3.71. The van der Waals surface area contributed by atoms with E-state index in [9.17, 15) is 27.6 Å². The van der Waals surface area contributed by atoms with Crippen LogP contribution in [-0.4, -0.2) is 154 Å². The van der Waals surface area contributed by atoms with Gasteiger partial charge >= 0.3 is 24.3 Å². The molecule has 0 radical (unpaired) electrons. The topological polar surface area (TPSA) is 210 Å². The molecule has 0 bridgehead atoms. The van der Waals surface area contributed by atoms with Gasteiger partial charge in [-0.05, 0) is 140 Å². The van der Waals surface area contributed by atoms with E-state index in [1.807, 2.05) is 89.5 Å². The Balaban J connectivity index is 0.000000156. The Labute approximate surface area is 558 Å². The Kier molecular flexibility index (Phi) is 20.3. The molecule has 3 aliphatic rings. The number of aryl methyl sites for hydroxylation is 3. The first-order valence-electron chi connectivity index (χ1n) is 32.4. The Hall–Kier alpha value is -9.19. The molecule has 6 aromatic heterocycles. The van der Waals surface area contributed by atoms with E-state index in [-0.39, 0.29) is 72.5 Å². The maximum absolute atomic E-state index is 13.4. The number of H-pyrrole nitrogens is 1. The summed E-state index contributed by atoms with van der Waals surface area (Å²) < 4.78 is 44.0. The van der Waals surface area contributed by atoms with Crippen LogP contribution in [-0.2, 0) is 37.5 Å². The smallest absolute Gasteiger partial charge is 0.353 e. The molecule has 0 aliphatic carbocycles. The van der Waals surface area contributed by atoms with Crippen LogP contribution in [0.15, 0.2) is 110 Å². The number of carbonyl (C=O) groups excluding carboxylic acids is 3. The maximum Gasteiger partial charge on any atom is 0.419 e. The highest BCUT2D eigenvalue weighted by Crippen LogP contribution is 2.37. The molecule has 9 aromatic rings. The number of aromatic amines is 1. The van der Waals surface area contributed by atoms with Crippen molar-refractivity contribution in [1.29, 1.82) is 0 Å². The number of nitrogens with one attached hydrogen (secondary N) is 4. The summed E-state index contributed by atoms with van der Waals surface area (Å²) in [7, 11) is 3.77. The number of piperazine rings is 3. The molecule has 3 aromatic carbocycles. The summed E-state index contributed by atoms with van der Waals surface area (Å²) in [6, 6.07) is 27.7. The lowest BCUT2D eigenvalue weighted by atomic mass is 9.87. The zero-order chi connectivity index (χ0) is 68.4. The molecule has 3 saturated heterocycles. The first-order valence-corrected chi connectivity index (χ1v) is 32.7. The fourth-order valence-corrected chi connectivity index (χ4v) is 12.7. The molecular weight excluding hydrogens is 1230 g/mol. The standard InChI is InChI=1S/C24H29F3N6O.C23H29ClN6O.C23H30N6O/c1-15-14-32(20-17(24(25,26)27)7-6-10-28-20)11-12-33(15)22(34)30-21-29-18-9-8-16(23(2,3)4)13-19(18)31(21)5;1-15(2)12-17-7-8-20-19(13-17)26-22(28(20)4)27-23(31)30-11-10-29(14-16(30)3)21-18(24)6-5-9-25-21;1-15-7-6-10-24-20(15)28-11-12-29(16(2)14-28)22(30)27-21-25-18-9-8-17(23(3,4)5)13-19(18)26-21/h6-10,13,15H,11-12,14H2,1-5H3,(H,29,30,34);5-9,13,15-16H,10-12,14H2,1-4H3,(H,26,27,31);6-10,13,16H,11-12,14H2,1-5H3,(H2,25,26,27,30)/t15-;2*16-/m111/s1. The monoisotopic (exact) mass is 1320 g/mol. The molecule has 0 spiro atoms. The molecule has 25 heteroatoms. The predicted molar refractivity (Wildman–Crippen MR) is 373 cm³/mol. The Morgan fingerprint density at radius 2 is 1.05 bits per heavy atom. The van der Waals surface area contributed by atoms with Crippen LogP contribution >= 0.6 is 11.6 Å². The van der Waals surface area contributed by atoms with Crippen molar-refractivity contribution in [3.8, 4) is 0 Å². The summed E-state index contributed by atoms with van der Waals surface area (Å²) in [4.78, 5) is 80.2. The van der Waals surface area contributed by atoms with Gasteiger partial charge in [-0.1, -0.05) is 91.3 Å². The summed E-state index contributed by atoms with van der Waals surface area (Å²) in [6.45, 7) is 30.2. The van der Waals surface area contributed by atoms with Gasteiger partial charge in [0.2, 0.25) is 17.8 Å². The normalized spacial score (nSPS) is 17.2. The number of imidazole rings is 3. The van der Waals surface area contributed by atoms with E-state index >= 15 is 0 Å². The van der Waals surface area contributed by atoms with Gasteiger partial charge in [0.25, 0.3) is 0 Å². The van der Waals surface area contributed by atoms with Crippen molar-refractivity contribution in [3.63, 3.8) is 0 Å². The molecular formula is C70H88ClF3N18O3. The van der Waals surface area contributed by atoms with Crippen molar-refractivity contribution in [1.82, 2.24) is 58.7 Å². The quantitative estimate of drug-likeness (QED) is 0.112. The third-order valence-electron chi connectivity index (χ3n) is 17.7. The Morgan fingerprint density at radius 3 is 1.59 bits per heavy atom. The molecule has 3 fully saturated rings. The van der Waals surface area contributed by atoms with Gasteiger partial charge in [0.15, 0.2) is 0 Å². The maximum atomic E-state index is 13.4. The summed E-state index contributed by atoms with van der Waals surface area (Å²) in [5, 5.41) is 9.45. The second-order valence-corrected chi connectivity index (χ2v) is 27.9. The van der Waals surface area contributed by atoms with Crippen molar-refractivity contribution >= 4 is 98.1 Å². The third-order valence-corrected chi connectivity index (χ3v) is 18.0. The number of urea groups is 3. The highest BCUT2D eigenvalue weighted by molar-refractivity contribution is 6.32. The number of anilines is 6. The fraction of sp³-hybridized carbons (Fsp3) is 0.443. The van der Waals surface area contributed by atoms with E-state index in [2.05, 4.69) is 172 Å². The minimum atomic E-state index is -4.49. The molecule has 21 nitrogen and oxygen atoms in total. The minimum absolute atomic E-state index is 0.0131. The van der Waals surface area contributed by atoms with Crippen molar-refractivity contribution in [2.45, 2.75) is 125 Å². The summed E-state index contributed by atoms with van der Waals surface area (Å²) >= 11 is 6.30. The largest absolute Gasteiger partial charge is 0.419 e. The zero-order valence-corrected chi connectivity index (χ0v) is 57.5. The van der Waals surface area contributed by atoms with Gasteiger partial charge in [-0.3, -0.25) is 16.0 Å². The van der Waals surface area contributed by atoms with Crippen LogP contribution in [0.1, 0.15) is 104 Å². The number of fused-ring (bicyclic) bond motifs is 3. The number of benzene rings is 3. The van der Waals surface area contributed by atoms with Crippen molar-refractivity contribution in [2.75, 3.05) is 89.6 Å². The molecule has 6 amide bonds. The molecule has 0 unspecified atom stereocenters. The molecule has 3 aliphatic heterocycles. The lowest BCUT2D eigenvalue weighted by Crippen LogP contribution is -2.55. The lowest BCUT2D eigenvalue weighted by molar-refractivity contribution is -0.137. The summed E-state index contributed by atoms with van der Waals surface area (Å²) in [6.07, 6.45) is 1.43. The minimum Gasteiger partial charge on any atom is -0.353 e. The number of hydrogen-bond acceptors (Lipinski definition) is 12. The molecule has 95 heavy (non-hydrogen) atoms. The predicted octanol–water partition coefficient (Wildman–Crippen LogP) is 13.9. The molecule has 504 valence electrons. The molecule has 9 heterocycles. The van der Waals surface area contributed by atoms with E-state index in [1.54, 1.807) is 16.0 Å². The van der Waals surface area contributed by atoms with E-state index in [0.29, 0.717) is 55.0 Å². The van der Waals surface area contributed by atoms with Crippen LogP contribution in [0.5, 0.6) is 0 Å². The average molecular weight is 1320 g/mol. The van der Waals surface area contributed by atoms with Crippen LogP contribution in [0.4, 0.5) is 62.9 Å². The van der Waals surface area contributed by atoms with Crippen LogP contribution in [0, 0.1) is 12.8 Å². The number of aromatic nitrogens is 9.